The Hall–Kier alpha value is -2.28. The SMILES string of the molecule is CN1c2c(N)cccc2N(C2CCC(=O)NC2=O)C1O. The maximum Gasteiger partial charge on any atom is 0.249 e. The van der Waals surface area contributed by atoms with Crippen molar-refractivity contribution in [1.29, 1.82) is 0 Å². The Morgan fingerprint density at radius 1 is 1.40 bits per heavy atom. The van der Waals surface area contributed by atoms with Gasteiger partial charge in [0.15, 0.2) is 0 Å². The highest BCUT2D eigenvalue weighted by Gasteiger charge is 2.42. The van der Waals surface area contributed by atoms with Crippen LogP contribution < -0.4 is 20.9 Å². The van der Waals surface area contributed by atoms with Gasteiger partial charge in [-0.25, -0.2) is 0 Å². The van der Waals surface area contributed by atoms with Crippen LogP contribution in [-0.2, 0) is 9.59 Å². The van der Waals surface area contributed by atoms with Gasteiger partial charge in [0.05, 0.1) is 17.1 Å². The number of hydrogen-bond acceptors (Lipinski definition) is 6. The lowest BCUT2D eigenvalue weighted by atomic mass is 10.0. The second kappa shape index (κ2) is 4.38. The summed E-state index contributed by atoms with van der Waals surface area (Å²) in [4.78, 5) is 26.5. The number of nitrogens with two attached hydrogens (primary N) is 1. The van der Waals surface area contributed by atoms with E-state index in [1.807, 2.05) is 6.07 Å². The molecule has 0 aliphatic carbocycles. The van der Waals surface area contributed by atoms with Crippen molar-refractivity contribution < 1.29 is 14.7 Å². The van der Waals surface area contributed by atoms with Crippen LogP contribution in [0.3, 0.4) is 0 Å². The van der Waals surface area contributed by atoms with Crippen molar-refractivity contribution >= 4 is 28.9 Å². The van der Waals surface area contributed by atoms with E-state index >= 15 is 0 Å². The van der Waals surface area contributed by atoms with Crippen LogP contribution in [0.2, 0.25) is 0 Å². The number of hydrogen-bond donors (Lipinski definition) is 3. The average molecular weight is 276 g/mol. The first-order valence-corrected chi connectivity index (χ1v) is 6.42. The lowest BCUT2D eigenvalue weighted by Crippen LogP contribution is -2.56. The number of nitrogens with zero attached hydrogens (tertiary/aromatic N) is 2. The minimum Gasteiger partial charge on any atom is -0.397 e. The number of carbonyl (C=O) groups excluding carboxylic acids is 2. The number of fused-ring (bicyclic) bond motifs is 1. The maximum atomic E-state index is 12.0. The van der Waals surface area contributed by atoms with Crippen LogP contribution >= 0.6 is 0 Å². The van der Waals surface area contributed by atoms with Gasteiger partial charge in [0.1, 0.15) is 6.04 Å². The fourth-order valence-electron chi connectivity index (χ4n) is 2.84. The fourth-order valence-corrected chi connectivity index (χ4v) is 2.84. The predicted molar refractivity (Wildman–Crippen MR) is 73.9 cm³/mol. The smallest absolute Gasteiger partial charge is 0.249 e. The van der Waals surface area contributed by atoms with Crippen molar-refractivity contribution in [1.82, 2.24) is 5.32 Å². The highest BCUT2D eigenvalue weighted by atomic mass is 16.3. The van der Waals surface area contributed by atoms with Gasteiger partial charge in [-0.1, -0.05) is 6.07 Å². The molecule has 2 aliphatic rings. The van der Waals surface area contributed by atoms with Gasteiger partial charge in [0, 0.05) is 13.5 Å². The molecule has 3 rings (SSSR count). The number of imide groups is 1. The molecule has 2 atom stereocenters. The van der Waals surface area contributed by atoms with E-state index in [0.717, 1.165) is 0 Å². The summed E-state index contributed by atoms with van der Waals surface area (Å²) < 4.78 is 0. The zero-order valence-electron chi connectivity index (χ0n) is 11.0. The van der Waals surface area contributed by atoms with Gasteiger partial charge in [0.25, 0.3) is 0 Å². The van der Waals surface area contributed by atoms with Crippen LogP contribution in [0.25, 0.3) is 0 Å². The number of rotatable bonds is 1. The number of amides is 2. The number of nitrogens with one attached hydrogen (secondary N) is 1. The number of piperidine rings is 1. The van der Waals surface area contributed by atoms with Gasteiger partial charge in [-0.2, -0.15) is 0 Å². The summed E-state index contributed by atoms with van der Waals surface area (Å²) in [5.41, 5.74) is 7.88. The maximum absolute atomic E-state index is 12.0. The molecule has 0 saturated carbocycles. The lowest BCUT2D eigenvalue weighted by molar-refractivity contribution is -0.134. The average Bonchev–Trinajstić information content (AvgIpc) is 2.64. The number of aliphatic hydroxyl groups is 1. The van der Waals surface area contributed by atoms with E-state index in [9.17, 15) is 14.7 Å². The lowest BCUT2D eigenvalue weighted by Gasteiger charge is -2.34. The topological polar surface area (TPSA) is 98.9 Å². The normalized spacial score (nSPS) is 25.7. The summed E-state index contributed by atoms with van der Waals surface area (Å²) in [5.74, 6) is -0.662. The second-order valence-corrected chi connectivity index (χ2v) is 5.05. The van der Waals surface area contributed by atoms with Crippen LogP contribution in [0, 0.1) is 0 Å². The second-order valence-electron chi connectivity index (χ2n) is 5.05. The van der Waals surface area contributed by atoms with Crippen molar-refractivity contribution in [3.05, 3.63) is 18.2 Å². The van der Waals surface area contributed by atoms with Crippen molar-refractivity contribution in [2.75, 3.05) is 22.6 Å². The minimum atomic E-state index is -0.973. The van der Waals surface area contributed by atoms with Crippen molar-refractivity contribution in [3.63, 3.8) is 0 Å². The molecule has 0 radical (unpaired) electrons. The molecule has 1 aromatic rings. The van der Waals surface area contributed by atoms with E-state index in [4.69, 9.17) is 5.73 Å². The van der Waals surface area contributed by atoms with E-state index in [1.54, 1.807) is 29.0 Å². The molecule has 7 nitrogen and oxygen atoms in total. The third kappa shape index (κ3) is 1.70. The van der Waals surface area contributed by atoms with Gasteiger partial charge in [-0.3, -0.25) is 14.9 Å². The van der Waals surface area contributed by atoms with Crippen LogP contribution in [0.4, 0.5) is 17.1 Å². The Morgan fingerprint density at radius 3 is 2.85 bits per heavy atom. The molecule has 1 fully saturated rings. The molecular weight excluding hydrogens is 260 g/mol. The zero-order chi connectivity index (χ0) is 14.4. The fraction of sp³-hybridized carbons (Fsp3) is 0.385. The Bertz CT molecular complexity index is 589. The number of nitrogen functional groups attached to an aromatic ring is 1. The van der Waals surface area contributed by atoms with E-state index in [0.29, 0.717) is 23.5 Å². The first-order valence-electron chi connectivity index (χ1n) is 6.42. The van der Waals surface area contributed by atoms with Gasteiger partial charge in [0.2, 0.25) is 18.2 Å². The standard InChI is InChI=1S/C13H16N4O3/c1-16-11-7(14)3-2-4-8(11)17(13(16)20)9-5-6-10(18)15-12(9)19/h2-4,9,13,20H,5-6,14H2,1H3,(H,15,18,19). The minimum absolute atomic E-state index is 0.265. The molecule has 106 valence electrons. The molecule has 0 spiro atoms. The third-order valence-corrected chi connectivity index (χ3v) is 3.82. The van der Waals surface area contributed by atoms with Crippen molar-refractivity contribution in [2.24, 2.45) is 0 Å². The number of para-hydroxylation sites is 1. The summed E-state index contributed by atoms with van der Waals surface area (Å²) in [7, 11) is 1.71. The highest BCUT2D eigenvalue weighted by Crippen LogP contribution is 2.43. The van der Waals surface area contributed by atoms with Crippen molar-refractivity contribution in [2.45, 2.75) is 25.2 Å². The first-order chi connectivity index (χ1) is 9.50. The predicted octanol–water partition coefficient (Wildman–Crippen LogP) is -0.394. The molecule has 0 bridgehead atoms. The quantitative estimate of drug-likeness (QED) is 0.477. The largest absolute Gasteiger partial charge is 0.397 e. The summed E-state index contributed by atoms with van der Waals surface area (Å²) >= 11 is 0. The van der Waals surface area contributed by atoms with E-state index < -0.39 is 12.4 Å². The van der Waals surface area contributed by atoms with Crippen LogP contribution in [-0.4, -0.2) is 36.4 Å². The molecule has 1 aromatic carbocycles. The summed E-state index contributed by atoms with van der Waals surface area (Å²) in [6, 6.07) is 4.75. The Kier molecular flexibility index (Phi) is 2.79. The number of aliphatic hydroxyl groups excluding tert-OH is 1. The zero-order valence-corrected chi connectivity index (χ0v) is 11.0. The monoisotopic (exact) mass is 276 g/mol. The number of benzene rings is 1. The molecular formula is C13H16N4O3. The Balaban J connectivity index is 2.01. The molecule has 2 amide bonds. The summed E-state index contributed by atoms with van der Waals surface area (Å²) in [6.45, 7) is 0. The molecule has 2 unspecified atom stereocenters. The number of anilines is 3. The molecule has 4 N–H and O–H groups in total. The van der Waals surface area contributed by atoms with Crippen molar-refractivity contribution in [3.8, 4) is 0 Å². The molecule has 2 aliphatic heterocycles. The molecule has 0 aromatic heterocycles. The first kappa shape index (κ1) is 12.7. The van der Waals surface area contributed by atoms with Crippen LogP contribution in [0.5, 0.6) is 0 Å². The summed E-state index contributed by atoms with van der Waals surface area (Å²) in [5, 5.41) is 12.7. The molecule has 20 heavy (non-hydrogen) atoms. The van der Waals surface area contributed by atoms with Gasteiger partial charge in [-0.05, 0) is 18.6 Å². The molecule has 2 heterocycles. The Labute approximate surface area is 116 Å². The summed E-state index contributed by atoms with van der Waals surface area (Å²) in [6.07, 6.45) is -0.330. The van der Waals surface area contributed by atoms with E-state index in [1.165, 1.54) is 0 Å². The van der Waals surface area contributed by atoms with Gasteiger partial charge in [-0.15, -0.1) is 0 Å². The van der Waals surface area contributed by atoms with E-state index in [2.05, 4.69) is 5.32 Å². The Morgan fingerprint density at radius 2 is 2.15 bits per heavy atom. The third-order valence-electron chi connectivity index (χ3n) is 3.82. The van der Waals surface area contributed by atoms with Gasteiger partial charge < -0.3 is 20.6 Å². The van der Waals surface area contributed by atoms with Gasteiger partial charge >= 0.3 is 0 Å². The highest BCUT2D eigenvalue weighted by molar-refractivity contribution is 6.03. The van der Waals surface area contributed by atoms with Crippen LogP contribution in [0.15, 0.2) is 18.2 Å². The van der Waals surface area contributed by atoms with E-state index in [-0.39, 0.29) is 18.2 Å². The number of carbonyl (C=O) groups is 2. The molecule has 1 saturated heterocycles. The van der Waals surface area contributed by atoms with Crippen LogP contribution in [0.1, 0.15) is 12.8 Å². The molecule has 7 heteroatoms.